The van der Waals surface area contributed by atoms with Crippen molar-refractivity contribution in [3.63, 3.8) is 0 Å². The average molecular weight is 411 g/mol. The van der Waals surface area contributed by atoms with E-state index in [0.717, 1.165) is 29.5 Å². The molecule has 0 aromatic heterocycles. The molecule has 0 amide bonds. The van der Waals surface area contributed by atoms with Crippen molar-refractivity contribution in [2.24, 2.45) is 11.8 Å². The van der Waals surface area contributed by atoms with E-state index >= 15 is 0 Å². The molecule has 0 bridgehead atoms. The van der Waals surface area contributed by atoms with Crippen molar-refractivity contribution in [3.05, 3.63) is 66.2 Å². The van der Waals surface area contributed by atoms with Crippen LogP contribution in [0.4, 0.5) is 5.69 Å². The minimum absolute atomic E-state index is 0.776. The summed E-state index contributed by atoms with van der Waals surface area (Å²) in [6, 6.07) is 21.7. The van der Waals surface area contributed by atoms with Gasteiger partial charge in [-0.05, 0) is 47.0 Å². The average Bonchev–Trinajstić information content (AvgIpc) is 2.97. The second-order valence-corrected chi connectivity index (χ2v) is 18.9. The van der Waals surface area contributed by atoms with Crippen molar-refractivity contribution in [2.75, 3.05) is 4.98 Å². The maximum Gasteiger partial charge on any atom is 0.150 e. The van der Waals surface area contributed by atoms with Crippen molar-refractivity contribution in [2.45, 2.75) is 64.1 Å². The largest absolute Gasteiger partial charge is 0.410 e. The standard InChI is InChI=1S/C24H38N2Si2/c1-19-17-23(27(3,4)26-22-15-11-8-12-16-22)20(2)24(19)28(5,6)25-18-21-13-9-7-10-14-21/h7-16,19-20,23-26H,17-18H2,1-6H3. The fourth-order valence-electron chi connectivity index (χ4n) is 5.88. The van der Waals surface area contributed by atoms with Crippen LogP contribution in [0.1, 0.15) is 25.8 Å². The Hall–Kier alpha value is -1.37. The molecule has 0 radical (unpaired) electrons. The number of para-hydroxylation sites is 1. The van der Waals surface area contributed by atoms with Crippen LogP contribution in [-0.4, -0.2) is 16.5 Å². The van der Waals surface area contributed by atoms with Gasteiger partial charge >= 0.3 is 0 Å². The molecule has 2 nitrogen and oxygen atoms in total. The summed E-state index contributed by atoms with van der Waals surface area (Å²) < 4.78 is 0. The Morgan fingerprint density at radius 1 is 0.821 bits per heavy atom. The predicted octanol–water partition coefficient (Wildman–Crippen LogP) is 6.71. The van der Waals surface area contributed by atoms with Crippen LogP contribution in [0.25, 0.3) is 0 Å². The summed E-state index contributed by atoms with van der Waals surface area (Å²) in [4.78, 5) is 8.01. The Kier molecular flexibility index (Phi) is 6.52. The molecular formula is C24H38N2Si2. The molecule has 0 heterocycles. The van der Waals surface area contributed by atoms with Gasteiger partial charge < -0.3 is 9.96 Å². The highest BCUT2D eigenvalue weighted by molar-refractivity contribution is 6.82. The SMILES string of the molecule is CC1CC([Si](C)(C)Nc2ccccc2)C(C)C1[Si](C)(C)NCc1ccccc1. The van der Waals surface area contributed by atoms with Crippen LogP contribution < -0.4 is 9.96 Å². The zero-order chi connectivity index (χ0) is 20.4. The fraction of sp³-hybridized carbons (Fsp3) is 0.500. The molecule has 1 aliphatic carbocycles. The lowest BCUT2D eigenvalue weighted by Crippen LogP contribution is -2.52. The van der Waals surface area contributed by atoms with Crippen LogP contribution >= 0.6 is 0 Å². The van der Waals surface area contributed by atoms with Gasteiger partial charge in [0.25, 0.3) is 0 Å². The first-order valence-electron chi connectivity index (χ1n) is 10.8. The molecule has 28 heavy (non-hydrogen) atoms. The first-order valence-corrected chi connectivity index (χ1v) is 17.0. The molecular weight excluding hydrogens is 372 g/mol. The van der Waals surface area contributed by atoms with E-state index in [9.17, 15) is 0 Å². The predicted molar refractivity (Wildman–Crippen MR) is 129 cm³/mol. The molecule has 4 atom stereocenters. The van der Waals surface area contributed by atoms with Crippen LogP contribution in [0.3, 0.4) is 0 Å². The quantitative estimate of drug-likeness (QED) is 0.495. The third-order valence-corrected chi connectivity index (χ3v) is 14.4. The molecule has 152 valence electrons. The highest BCUT2D eigenvalue weighted by atomic mass is 28.3. The number of anilines is 1. The van der Waals surface area contributed by atoms with Gasteiger partial charge in [-0.15, -0.1) is 0 Å². The highest BCUT2D eigenvalue weighted by Gasteiger charge is 2.52. The normalized spacial score (nSPS) is 25.6. The van der Waals surface area contributed by atoms with Gasteiger partial charge in [-0.3, -0.25) is 0 Å². The minimum atomic E-state index is -1.58. The Morgan fingerprint density at radius 3 is 2.00 bits per heavy atom. The molecule has 1 fully saturated rings. The molecule has 0 saturated heterocycles. The zero-order valence-corrected chi connectivity index (χ0v) is 20.5. The lowest BCUT2D eigenvalue weighted by molar-refractivity contribution is 0.522. The van der Waals surface area contributed by atoms with Crippen LogP contribution in [-0.2, 0) is 6.54 Å². The summed E-state index contributed by atoms with van der Waals surface area (Å²) >= 11 is 0. The molecule has 3 rings (SSSR count). The third-order valence-electron chi connectivity index (χ3n) is 7.03. The van der Waals surface area contributed by atoms with Crippen molar-refractivity contribution >= 4 is 22.2 Å². The van der Waals surface area contributed by atoms with E-state index in [-0.39, 0.29) is 0 Å². The smallest absolute Gasteiger partial charge is 0.150 e. The van der Waals surface area contributed by atoms with E-state index in [4.69, 9.17) is 0 Å². The molecule has 2 aromatic rings. The molecule has 4 heteroatoms. The maximum atomic E-state index is 4.03. The van der Waals surface area contributed by atoms with Gasteiger partial charge in [0.15, 0.2) is 8.24 Å². The molecule has 0 aliphatic heterocycles. The number of nitrogens with one attached hydrogen (secondary N) is 2. The topological polar surface area (TPSA) is 24.1 Å². The van der Waals surface area contributed by atoms with E-state index in [1.54, 1.807) is 0 Å². The summed E-state index contributed by atoms with van der Waals surface area (Å²) in [5, 5.41) is 0. The summed E-state index contributed by atoms with van der Waals surface area (Å²) in [5.74, 6) is 1.58. The van der Waals surface area contributed by atoms with Crippen LogP contribution in [0.15, 0.2) is 60.7 Å². The lowest BCUT2D eigenvalue weighted by atomic mass is 10.1. The number of rotatable bonds is 7. The Balaban J connectivity index is 1.71. The van der Waals surface area contributed by atoms with E-state index in [1.165, 1.54) is 17.7 Å². The Labute approximate surface area is 174 Å². The Bertz CT molecular complexity index is 746. The van der Waals surface area contributed by atoms with Crippen molar-refractivity contribution in [3.8, 4) is 0 Å². The second kappa shape index (κ2) is 8.56. The van der Waals surface area contributed by atoms with Gasteiger partial charge in [-0.1, -0.05) is 88.6 Å². The third kappa shape index (κ3) is 4.78. The van der Waals surface area contributed by atoms with E-state index in [0.29, 0.717) is 0 Å². The number of benzene rings is 2. The summed E-state index contributed by atoms with van der Waals surface area (Å²) in [6.45, 7) is 16.2. The van der Waals surface area contributed by atoms with Crippen LogP contribution in [0.2, 0.25) is 37.3 Å². The summed E-state index contributed by atoms with van der Waals surface area (Å²) in [6.07, 6.45) is 1.37. The van der Waals surface area contributed by atoms with Gasteiger partial charge in [0.2, 0.25) is 0 Å². The number of hydrogen-bond donors (Lipinski definition) is 2. The second-order valence-electron chi connectivity index (χ2n) is 9.98. The van der Waals surface area contributed by atoms with Crippen LogP contribution in [0, 0.1) is 11.8 Å². The van der Waals surface area contributed by atoms with Gasteiger partial charge in [-0.2, -0.15) is 0 Å². The van der Waals surface area contributed by atoms with Crippen molar-refractivity contribution in [1.29, 1.82) is 0 Å². The summed E-state index contributed by atoms with van der Waals surface area (Å²) in [5.41, 5.74) is 4.34. The van der Waals surface area contributed by atoms with Crippen molar-refractivity contribution in [1.82, 2.24) is 4.98 Å². The maximum absolute atomic E-state index is 4.03. The molecule has 1 saturated carbocycles. The van der Waals surface area contributed by atoms with Gasteiger partial charge in [0.05, 0.1) is 0 Å². The van der Waals surface area contributed by atoms with Gasteiger partial charge in [-0.25, -0.2) is 0 Å². The minimum Gasteiger partial charge on any atom is -0.410 e. The van der Waals surface area contributed by atoms with Crippen LogP contribution in [0.5, 0.6) is 0 Å². The monoisotopic (exact) mass is 410 g/mol. The summed E-state index contributed by atoms with van der Waals surface area (Å²) in [7, 11) is -3.13. The fourth-order valence-corrected chi connectivity index (χ4v) is 13.7. The van der Waals surface area contributed by atoms with Gasteiger partial charge in [0, 0.05) is 12.2 Å². The van der Waals surface area contributed by atoms with Crippen molar-refractivity contribution < 1.29 is 0 Å². The van der Waals surface area contributed by atoms with Gasteiger partial charge in [0.1, 0.15) is 8.24 Å². The van der Waals surface area contributed by atoms with E-state index in [2.05, 4.69) is 111 Å². The lowest BCUT2D eigenvalue weighted by Gasteiger charge is -2.39. The molecule has 2 aromatic carbocycles. The van der Waals surface area contributed by atoms with E-state index < -0.39 is 16.5 Å². The Morgan fingerprint density at radius 2 is 1.39 bits per heavy atom. The number of hydrogen-bond acceptors (Lipinski definition) is 2. The first-order chi connectivity index (χ1) is 13.2. The highest BCUT2D eigenvalue weighted by Crippen LogP contribution is 2.56. The molecule has 2 N–H and O–H groups in total. The molecule has 1 aliphatic rings. The molecule has 0 spiro atoms. The van der Waals surface area contributed by atoms with E-state index in [1.807, 2.05) is 0 Å². The first kappa shape index (κ1) is 21.3. The molecule has 4 unspecified atom stereocenters. The zero-order valence-electron chi connectivity index (χ0n) is 18.5.